The fraction of sp³-hybridized carbons (Fsp3) is 0.0714. The van der Waals surface area contributed by atoms with Crippen LogP contribution in [0.3, 0.4) is 0 Å². The molecule has 0 aliphatic heterocycles. The highest BCUT2D eigenvalue weighted by atomic mass is 16.4. The van der Waals surface area contributed by atoms with Crippen LogP contribution in [0.2, 0.25) is 0 Å². The molecule has 0 heterocycles. The number of rotatable bonds is 3. The Balaban J connectivity index is 2.28. The second-order valence-corrected chi connectivity index (χ2v) is 3.80. The number of benzene rings is 2. The molecular weight excluding hydrogens is 212 g/mol. The number of hydrogen-bond donors (Lipinski definition) is 2. The van der Waals surface area contributed by atoms with E-state index in [9.17, 15) is 0 Å². The van der Waals surface area contributed by atoms with E-state index >= 15 is 0 Å². The molecule has 86 valence electrons. The van der Waals surface area contributed by atoms with E-state index in [0.717, 1.165) is 11.1 Å². The summed E-state index contributed by atoms with van der Waals surface area (Å²) in [4.78, 5) is 0. The molecule has 3 nitrogen and oxygen atoms in total. The Hall–Kier alpha value is -2.29. The van der Waals surface area contributed by atoms with Gasteiger partial charge in [-0.1, -0.05) is 53.7 Å². The maximum Gasteiger partial charge on any atom is 0.0932 e. The predicted octanol–water partition coefficient (Wildman–Crippen LogP) is 2.69. The molecule has 17 heavy (non-hydrogen) atoms. The Morgan fingerprint density at radius 1 is 1.00 bits per heavy atom. The fourth-order valence-corrected chi connectivity index (χ4v) is 1.73. The van der Waals surface area contributed by atoms with Crippen LogP contribution in [0.15, 0.2) is 59.8 Å². The largest absolute Gasteiger partial charge is 0.411 e. The first-order valence-electron chi connectivity index (χ1n) is 5.41. The van der Waals surface area contributed by atoms with Crippen molar-refractivity contribution in [3.8, 4) is 0 Å². The lowest BCUT2D eigenvalue weighted by molar-refractivity contribution is 0.318. The van der Waals surface area contributed by atoms with Gasteiger partial charge in [0.05, 0.1) is 5.71 Å². The highest BCUT2D eigenvalue weighted by molar-refractivity contribution is 6.05. The first-order valence-corrected chi connectivity index (χ1v) is 5.41. The summed E-state index contributed by atoms with van der Waals surface area (Å²) in [7, 11) is 0. The van der Waals surface area contributed by atoms with Gasteiger partial charge in [0.2, 0.25) is 0 Å². The monoisotopic (exact) mass is 226 g/mol. The number of anilines is 1. The molecule has 0 unspecified atom stereocenters. The third-order valence-electron chi connectivity index (χ3n) is 2.61. The zero-order valence-corrected chi connectivity index (χ0v) is 9.38. The zero-order valence-electron chi connectivity index (χ0n) is 9.38. The second-order valence-electron chi connectivity index (χ2n) is 3.80. The molecule has 0 bridgehead atoms. The molecule has 0 aliphatic carbocycles. The van der Waals surface area contributed by atoms with Crippen molar-refractivity contribution < 1.29 is 5.21 Å². The molecule has 0 saturated heterocycles. The lowest BCUT2D eigenvalue weighted by Crippen LogP contribution is -2.08. The van der Waals surface area contributed by atoms with Gasteiger partial charge in [-0.15, -0.1) is 0 Å². The zero-order chi connectivity index (χ0) is 12.1. The normalized spacial score (nSPS) is 11.4. The van der Waals surface area contributed by atoms with Gasteiger partial charge < -0.3 is 10.9 Å². The van der Waals surface area contributed by atoms with Crippen LogP contribution in [0.4, 0.5) is 5.69 Å². The van der Waals surface area contributed by atoms with E-state index in [1.165, 1.54) is 0 Å². The topological polar surface area (TPSA) is 58.6 Å². The number of hydrogen-bond acceptors (Lipinski definition) is 3. The Labute approximate surface area is 100 Å². The summed E-state index contributed by atoms with van der Waals surface area (Å²) in [5.41, 5.74) is 8.92. The molecule has 0 radical (unpaired) electrons. The summed E-state index contributed by atoms with van der Waals surface area (Å²) in [6.45, 7) is 0. The molecule has 0 aliphatic rings. The van der Waals surface area contributed by atoms with E-state index < -0.39 is 0 Å². The van der Waals surface area contributed by atoms with E-state index in [1.54, 1.807) is 6.07 Å². The van der Waals surface area contributed by atoms with Crippen LogP contribution in [0.1, 0.15) is 11.1 Å². The maximum absolute atomic E-state index is 9.10. The van der Waals surface area contributed by atoms with Gasteiger partial charge in [-0.25, -0.2) is 0 Å². The number of nitrogens with two attached hydrogens (primary N) is 1. The summed E-state index contributed by atoms with van der Waals surface area (Å²) in [6.07, 6.45) is 0.561. The second kappa shape index (κ2) is 5.16. The van der Waals surface area contributed by atoms with Gasteiger partial charge in [0, 0.05) is 17.7 Å². The third-order valence-corrected chi connectivity index (χ3v) is 2.61. The molecule has 0 atom stereocenters. The van der Waals surface area contributed by atoms with E-state index in [-0.39, 0.29) is 0 Å². The van der Waals surface area contributed by atoms with Gasteiger partial charge in [-0.2, -0.15) is 0 Å². The minimum absolute atomic E-state index is 0.561. The van der Waals surface area contributed by atoms with Gasteiger partial charge in [0.1, 0.15) is 0 Å². The first-order chi connectivity index (χ1) is 8.31. The summed E-state index contributed by atoms with van der Waals surface area (Å²) in [6, 6.07) is 17.2. The SMILES string of the molecule is Nc1ccccc1/C(Cc1ccccc1)=N\O. The van der Waals surface area contributed by atoms with Crippen molar-refractivity contribution in [2.24, 2.45) is 5.16 Å². The first kappa shape index (κ1) is 11.2. The molecule has 0 aromatic heterocycles. The number of nitrogens with zero attached hydrogens (tertiary/aromatic N) is 1. The summed E-state index contributed by atoms with van der Waals surface area (Å²) >= 11 is 0. The molecule has 2 aromatic rings. The fourth-order valence-electron chi connectivity index (χ4n) is 1.73. The Kier molecular flexibility index (Phi) is 3.40. The summed E-state index contributed by atoms with van der Waals surface area (Å²) in [5.74, 6) is 0. The van der Waals surface area contributed by atoms with Gasteiger partial charge in [0.25, 0.3) is 0 Å². The predicted molar refractivity (Wildman–Crippen MR) is 69.3 cm³/mol. The van der Waals surface area contributed by atoms with Gasteiger partial charge in [-0.3, -0.25) is 0 Å². The van der Waals surface area contributed by atoms with E-state index in [0.29, 0.717) is 17.8 Å². The quantitative estimate of drug-likeness (QED) is 0.366. The minimum Gasteiger partial charge on any atom is -0.411 e. The van der Waals surface area contributed by atoms with Crippen molar-refractivity contribution in [2.45, 2.75) is 6.42 Å². The number of oxime groups is 1. The Bertz CT molecular complexity index is 521. The van der Waals surface area contributed by atoms with Crippen LogP contribution < -0.4 is 5.73 Å². The van der Waals surface area contributed by atoms with Crippen LogP contribution in [0, 0.1) is 0 Å². The average molecular weight is 226 g/mol. The molecule has 0 spiro atoms. The Morgan fingerprint density at radius 3 is 2.29 bits per heavy atom. The van der Waals surface area contributed by atoms with Crippen LogP contribution in [-0.2, 0) is 6.42 Å². The third kappa shape index (κ3) is 2.64. The van der Waals surface area contributed by atoms with Crippen LogP contribution >= 0.6 is 0 Å². The lowest BCUT2D eigenvalue weighted by Gasteiger charge is -2.07. The molecular formula is C14H14N2O. The molecule has 2 rings (SSSR count). The van der Waals surface area contributed by atoms with Crippen molar-refractivity contribution >= 4 is 11.4 Å². The van der Waals surface area contributed by atoms with Gasteiger partial charge in [0.15, 0.2) is 0 Å². The van der Waals surface area contributed by atoms with Crippen molar-refractivity contribution in [1.29, 1.82) is 0 Å². The molecule has 3 heteroatoms. The molecule has 0 saturated carbocycles. The van der Waals surface area contributed by atoms with Crippen molar-refractivity contribution in [3.05, 3.63) is 65.7 Å². The van der Waals surface area contributed by atoms with Crippen LogP contribution in [-0.4, -0.2) is 10.9 Å². The van der Waals surface area contributed by atoms with Crippen LogP contribution in [0.5, 0.6) is 0 Å². The molecule has 0 amide bonds. The maximum atomic E-state index is 9.10. The van der Waals surface area contributed by atoms with E-state index in [2.05, 4.69) is 5.16 Å². The molecule has 0 fully saturated rings. The van der Waals surface area contributed by atoms with E-state index in [4.69, 9.17) is 10.9 Å². The van der Waals surface area contributed by atoms with Crippen molar-refractivity contribution in [1.82, 2.24) is 0 Å². The lowest BCUT2D eigenvalue weighted by atomic mass is 10.0. The smallest absolute Gasteiger partial charge is 0.0932 e. The van der Waals surface area contributed by atoms with Crippen molar-refractivity contribution in [2.75, 3.05) is 5.73 Å². The molecule has 2 aromatic carbocycles. The summed E-state index contributed by atoms with van der Waals surface area (Å²) in [5, 5.41) is 12.4. The summed E-state index contributed by atoms with van der Waals surface area (Å²) < 4.78 is 0. The average Bonchev–Trinajstić information content (AvgIpc) is 2.38. The van der Waals surface area contributed by atoms with E-state index in [1.807, 2.05) is 48.5 Å². The minimum atomic E-state index is 0.561. The van der Waals surface area contributed by atoms with Crippen LogP contribution in [0.25, 0.3) is 0 Å². The Morgan fingerprint density at radius 2 is 1.65 bits per heavy atom. The van der Waals surface area contributed by atoms with Crippen molar-refractivity contribution in [3.63, 3.8) is 0 Å². The highest BCUT2D eigenvalue weighted by Crippen LogP contribution is 2.15. The highest BCUT2D eigenvalue weighted by Gasteiger charge is 2.08. The van der Waals surface area contributed by atoms with Gasteiger partial charge in [-0.05, 0) is 11.6 Å². The standard InChI is InChI=1S/C14H14N2O/c15-13-9-5-4-8-12(13)14(16-17)10-11-6-2-1-3-7-11/h1-9,17H,10,15H2/b16-14-. The van der Waals surface area contributed by atoms with Gasteiger partial charge >= 0.3 is 0 Å². The molecule has 3 N–H and O–H groups in total. The number of nitrogen functional groups attached to an aromatic ring is 1. The number of para-hydroxylation sites is 1.